The van der Waals surface area contributed by atoms with Crippen LogP contribution in [0, 0.1) is 11.8 Å². The smallest absolute Gasteiger partial charge is 0.324 e. The van der Waals surface area contributed by atoms with E-state index in [9.17, 15) is 18.0 Å². The fraction of sp³-hybridized carbons (Fsp3) is 0.562. The molecule has 0 aromatic heterocycles. The number of nitrogens with zero attached hydrogens (tertiary/aromatic N) is 1. The van der Waals surface area contributed by atoms with Crippen molar-refractivity contribution in [1.29, 1.82) is 0 Å². The van der Waals surface area contributed by atoms with Gasteiger partial charge in [-0.2, -0.15) is 13.2 Å². The summed E-state index contributed by atoms with van der Waals surface area (Å²) in [5.41, 5.74) is -1.19. The first-order chi connectivity index (χ1) is 10.6. The van der Waals surface area contributed by atoms with E-state index >= 15 is 0 Å². The topological polar surface area (TPSA) is 32.3 Å². The molecule has 1 amide bonds. The number of amides is 1. The van der Waals surface area contributed by atoms with Crippen LogP contribution in [-0.4, -0.2) is 30.4 Å². The van der Waals surface area contributed by atoms with Gasteiger partial charge in [0.2, 0.25) is 5.91 Å². The predicted molar refractivity (Wildman–Crippen MR) is 84.5 cm³/mol. The van der Waals surface area contributed by atoms with Crippen LogP contribution in [0.1, 0.15) is 25.8 Å². The Morgan fingerprint density at radius 1 is 1.30 bits per heavy atom. The molecule has 0 saturated carbocycles. The minimum atomic E-state index is -4.57. The number of piperidine rings is 1. The van der Waals surface area contributed by atoms with Crippen molar-refractivity contribution in [2.75, 3.05) is 25.0 Å². The third-order valence-electron chi connectivity index (χ3n) is 3.87. The van der Waals surface area contributed by atoms with Crippen molar-refractivity contribution in [3.05, 3.63) is 28.8 Å². The van der Waals surface area contributed by atoms with Crippen LogP contribution in [-0.2, 0) is 11.0 Å². The van der Waals surface area contributed by atoms with E-state index in [1.54, 1.807) is 0 Å². The molecule has 1 aromatic carbocycles. The molecule has 1 aromatic rings. The molecule has 7 heteroatoms. The first-order valence-electron chi connectivity index (χ1n) is 7.54. The highest BCUT2D eigenvalue weighted by atomic mass is 35.5. The van der Waals surface area contributed by atoms with Crippen LogP contribution in [0.4, 0.5) is 18.9 Å². The lowest BCUT2D eigenvalue weighted by molar-refractivity contribution is -0.137. The minimum absolute atomic E-state index is 0.0194. The summed E-state index contributed by atoms with van der Waals surface area (Å²) >= 11 is 5.63. The molecule has 1 N–H and O–H groups in total. The summed E-state index contributed by atoms with van der Waals surface area (Å²) < 4.78 is 39.1. The number of likely N-dealkylation sites (tertiary alicyclic amines) is 1. The zero-order chi connectivity index (χ0) is 17.2. The molecule has 1 aliphatic heterocycles. The Labute approximate surface area is 138 Å². The van der Waals surface area contributed by atoms with E-state index in [1.807, 2.05) is 4.90 Å². The molecule has 1 saturated heterocycles. The molecule has 0 aliphatic carbocycles. The van der Waals surface area contributed by atoms with Crippen molar-refractivity contribution >= 4 is 23.2 Å². The zero-order valence-electron chi connectivity index (χ0n) is 13.1. The van der Waals surface area contributed by atoms with E-state index in [1.165, 1.54) is 12.1 Å². The monoisotopic (exact) mass is 348 g/mol. The van der Waals surface area contributed by atoms with Crippen LogP contribution in [0.2, 0.25) is 5.02 Å². The number of carbonyl (C=O) groups excluding carboxylic acids is 1. The molecule has 0 bridgehead atoms. The maximum Gasteiger partial charge on any atom is 0.418 e. The molecule has 128 valence electrons. The Balaban J connectivity index is 2.06. The summed E-state index contributed by atoms with van der Waals surface area (Å²) in [6.07, 6.45) is -3.46. The standard InChI is InChI=1S/C16H20ClF3N2O/c1-10-5-11(2)8-22(7-10)9-15(23)21-14-4-3-12(17)6-13(14)16(18,19)20/h3-4,6,10-11H,5,7-9H2,1-2H3,(H,21,23). The van der Waals surface area contributed by atoms with E-state index in [-0.39, 0.29) is 17.3 Å². The van der Waals surface area contributed by atoms with E-state index < -0.39 is 17.6 Å². The van der Waals surface area contributed by atoms with Gasteiger partial charge in [-0.3, -0.25) is 9.69 Å². The summed E-state index contributed by atoms with van der Waals surface area (Å²) in [4.78, 5) is 14.1. The number of carbonyl (C=O) groups is 1. The third kappa shape index (κ3) is 5.11. The second-order valence-corrected chi connectivity index (χ2v) is 6.81. The van der Waals surface area contributed by atoms with E-state index in [0.717, 1.165) is 25.6 Å². The average molecular weight is 349 g/mol. The van der Waals surface area contributed by atoms with Gasteiger partial charge in [0.15, 0.2) is 0 Å². The molecule has 2 rings (SSSR count). The summed E-state index contributed by atoms with van der Waals surface area (Å²) in [7, 11) is 0. The van der Waals surface area contributed by atoms with Crippen LogP contribution in [0.15, 0.2) is 18.2 Å². The molecule has 2 unspecified atom stereocenters. The Morgan fingerprint density at radius 3 is 2.48 bits per heavy atom. The first-order valence-corrected chi connectivity index (χ1v) is 7.92. The van der Waals surface area contributed by atoms with Crippen LogP contribution < -0.4 is 5.32 Å². The van der Waals surface area contributed by atoms with Gasteiger partial charge in [-0.25, -0.2) is 0 Å². The van der Waals surface area contributed by atoms with Crippen LogP contribution in [0.5, 0.6) is 0 Å². The fourth-order valence-electron chi connectivity index (χ4n) is 3.17. The molecular formula is C16H20ClF3N2O. The van der Waals surface area contributed by atoms with Gasteiger partial charge in [-0.1, -0.05) is 25.4 Å². The number of anilines is 1. The average Bonchev–Trinajstić information content (AvgIpc) is 2.38. The summed E-state index contributed by atoms with van der Waals surface area (Å²) in [6, 6.07) is 3.34. The van der Waals surface area contributed by atoms with Gasteiger partial charge >= 0.3 is 6.18 Å². The Morgan fingerprint density at radius 2 is 1.91 bits per heavy atom. The van der Waals surface area contributed by atoms with Gasteiger partial charge in [0.1, 0.15) is 0 Å². The normalized spacial score (nSPS) is 22.9. The van der Waals surface area contributed by atoms with Crippen LogP contribution >= 0.6 is 11.6 Å². The van der Waals surface area contributed by atoms with Crippen molar-refractivity contribution in [1.82, 2.24) is 4.90 Å². The number of hydrogen-bond acceptors (Lipinski definition) is 2. The largest absolute Gasteiger partial charge is 0.418 e. The maximum atomic E-state index is 13.0. The predicted octanol–water partition coefficient (Wildman–Crippen LogP) is 4.28. The molecule has 3 nitrogen and oxygen atoms in total. The Kier molecular flexibility index (Phi) is 5.57. The van der Waals surface area contributed by atoms with E-state index in [0.29, 0.717) is 11.8 Å². The summed E-state index contributed by atoms with van der Waals surface area (Å²) in [5, 5.41) is 2.34. The number of benzene rings is 1. The van der Waals surface area contributed by atoms with Crippen molar-refractivity contribution < 1.29 is 18.0 Å². The maximum absolute atomic E-state index is 13.0. The van der Waals surface area contributed by atoms with E-state index in [4.69, 9.17) is 11.6 Å². The van der Waals surface area contributed by atoms with Gasteiger partial charge in [-0.05, 0) is 36.5 Å². The third-order valence-corrected chi connectivity index (χ3v) is 4.11. The van der Waals surface area contributed by atoms with Gasteiger partial charge in [0.05, 0.1) is 17.8 Å². The first kappa shape index (κ1) is 18.1. The highest BCUT2D eigenvalue weighted by Gasteiger charge is 2.34. The Bertz CT molecular complexity index is 567. The molecular weight excluding hydrogens is 329 g/mol. The molecule has 1 fully saturated rings. The quantitative estimate of drug-likeness (QED) is 0.884. The zero-order valence-corrected chi connectivity index (χ0v) is 13.8. The lowest BCUT2D eigenvalue weighted by Gasteiger charge is -2.34. The van der Waals surface area contributed by atoms with Crippen LogP contribution in [0.25, 0.3) is 0 Å². The number of alkyl halides is 3. The van der Waals surface area contributed by atoms with Gasteiger partial charge in [-0.15, -0.1) is 0 Å². The molecule has 2 atom stereocenters. The van der Waals surface area contributed by atoms with Gasteiger partial charge < -0.3 is 5.32 Å². The van der Waals surface area contributed by atoms with Crippen molar-refractivity contribution in [3.63, 3.8) is 0 Å². The summed E-state index contributed by atoms with van der Waals surface area (Å²) in [6.45, 7) is 5.88. The molecule has 23 heavy (non-hydrogen) atoms. The highest BCUT2D eigenvalue weighted by Crippen LogP contribution is 2.36. The van der Waals surface area contributed by atoms with Gasteiger partial charge in [0.25, 0.3) is 0 Å². The summed E-state index contributed by atoms with van der Waals surface area (Å²) in [5.74, 6) is 0.514. The number of halogens is 4. The number of rotatable bonds is 3. The highest BCUT2D eigenvalue weighted by molar-refractivity contribution is 6.30. The van der Waals surface area contributed by atoms with Crippen molar-refractivity contribution in [2.45, 2.75) is 26.4 Å². The minimum Gasteiger partial charge on any atom is -0.324 e. The molecule has 0 spiro atoms. The number of hydrogen-bond donors (Lipinski definition) is 1. The lowest BCUT2D eigenvalue weighted by Crippen LogP contribution is -2.43. The SMILES string of the molecule is CC1CC(C)CN(CC(=O)Nc2ccc(Cl)cc2C(F)(F)F)C1. The lowest BCUT2D eigenvalue weighted by atomic mass is 9.92. The van der Waals surface area contributed by atoms with Crippen LogP contribution in [0.3, 0.4) is 0 Å². The second-order valence-electron chi connectivity index (χ2n) is 6.38. The molecule has 0 radical (unpaired) electrons. The van der Waals surface area contributed by atoms with E-state index in [2.05, 4.69) is 19.2 Å². The van der Waals surface area contributed by atoms with Gasteiger partial charge in [0, 0.05) is 18.1 Å². The molecule has 1 heterocycles. The molecule has 1 aliphatic rings. The Hall–Kier alpha value is -1.27. The number of nitrogens with one attached hydrogen (secondary N) is 1. The fourth-order valence-corrected chi connectivity index (χ4v) is 3.35. The second kappa shape index (κ2) is 7.09. The van der Waals surface area contributed by atoms with Crippen molar-refractivity contribution in [2.24, 2.45) is 11.8 Å². The van der Waals surface area contributed by atoms with Crippen molar-refractivity contribution in [3.8, 4) is 0 Å².